The molecule has 3 aromatic carbocycles. The van der Waals surface area contributed by atoms with Crippen LogP contribution in [0.3, 0.4) is 0 Å². The summed E-state index contributed by atoms with van der Waals surface area (Å²) in [7, 11) is 0. The standard InChI is InChI=1S/C34H34BrN3O5/c1-3-8-26-17-23(18-30(42-4-2)31(26)43-21-22-11-13-25(14-12-22)34(40)41)20-36-38-32(24-9-6-5-7-10-24)37-29-16-15-27(35)19-28(29)33(38)39/h3,11-20,24H,1,4-10,21H2,2H3,(H,40,41). The summed E-state index contributed by atoms with van der Waals surface area (Å²) in [5.41, 5.74) is 3.11. The predicted molar refractivity (Wildman–Crippen MR) is 172 cm³/mol. The molecule has 0 atom stereocenters. The van der Waals surface area contributed by atoms with Gasteiger partial charge in [0.1, 0.15) is 12.4 Å². The van der Waals surface area contributed by atoms with Crippen LogP contribution in [-0.2, 0) is 13.0 Å². The number of nitrogens with zero attached hydrogens (tertiary/aromatic N) is 3. The van der Waals surface area contributed by atoms with E-state index in [1.165, 1.54) is 11.1 Å². The first-order valence-corrected chi connectivity index (χ1v) is 15.3. The molecule has 0 radical (unpaired) electrons. The van der Waals surface area contributed by atoms with E-state index >= 15 is 0 Å². The summed E-state index contributed by atoms with van der Waals surface area (Å²) in [4.78, 5) is 29.9. The monoisotopic (exact) mass is 643 g/mol. The Morgan fingerprint density at radius 1 is 1.12 bits per heavy atom. The first-order valence-electron chi connectivity index (χ1n) is 14.5. The molecule has 1 heterocycles. The largest absolute Gasteiger partial charge is 0.490 e. The molecule has 5 rings (SSSR count). The SMILES string of the molecule is C=CCc1cc(C=Nn2c(C3CCCCC3)nc3ccc(Br)cc3c2=O)cc(OCC)c1OCc1ccc(C(=O)O)cc1. The van der Waals surface area contributed by atoms with Crippen molar-refractivity contribution in [2.24, 2.45) is 5.10 Å². The number of fused-ring (bicyclic) bond motifs is 1. The van der Waals surface area contributed by atoms with Gasteiger partial charge < -0.3 is 14.6 Å². The van der Waals surface area contributed by atoms with E-state index in [9.17, 15) is 14.7 Å². The third-order valence-corrected chi connectivity index (χ3v) is 8.02. The van der Waals surface area contributed by atoms with Gasteiger partial charge in [0.05, 0.1) is 29.3 Å². The van der Waals surface area contributed by atoms with E-state index < -0.39 is 5.97 Å². The molecule has 1 N–H and O–H groups in total. The van der Waals surface area contributed by atoms with Gasteiger partial charge in [0.15, 0.2) is 11.5 Å². The van der Waals surface area contributed by atoms with E-state index in [1.54, 1.807) is 42.6 Å². The maximum Gasteiger partial charge on any atom is 0.335 e. The van der Waals surface area contributed by atoms with Crippen LogP contribution in [0.4, 0.5) is 0 Å². The Morgan fingerprint density at radius 2 is 1.88 bits per heavy atom. The van der Waals surface area contributed by atoms with E-state index in [0.29, 0.717) is 41.3 Å². The minimum atomic E-state index is -0.975. The lowest BCUT2D eigenvalue weighted by Gasteiger charge is -2.22. The van der Waals surface area contributed by atoms with Crippen molar-refractivity contribution in [1.29, 1.82) is 0 Å². The third kappa shape index (κ3) is 7.05. The van der Waals surface area contributed by atoms with Crippen molar-refractivity contribution in [3.05, 3.63) is 110 Å². The normalized spacial score (nSPS) is 13.8. The number of ether oxygens (including phenoxy) is 2. The number of benzene rings is 3. The van der Waals surface area contributed by atoms with Gasteiger partial charge >= 0.3 is 5.97 Å². The Balaban J connectivity index is 1.52. The van der Waals surface area contributed by atoms with Crippen LogP contribution >= 0.6 is 15.9 Å². The molecule has 4 aromatic rings. The molecule has 1 aliphatic carbocycles. The molecule has 1 aromatic heterocycles. The maximum absolute atomic E-state index is 13.7. The van der Waals surface area contributed by atoms with Crippen molar-refractivity contribution in [2.45, 2.75) is 58.0 Å². The molecule has 0 aliphatic heterocycles. The van der Waals surface area contributed by atoms with Gasteiger partial charge in [-0.1, -0.05) is 53.4 Å². The van der Waals surface area contributed by atoms with Crippen LogP contribution in [0, 0.1) is 0 Å². The first-order chi connectivity index (χ1) is 20.9. The minimum Gasteiger partial charge on any atom is -0.490 e. The number of aromatic carboxylic acids is 1. The lowest BCUT2D eigenvalue weighted by atomic mass is 9.88. The fourth-order valence-corrected chi connectivity index (χ4v) is 5.78. The first kappa shape index (κ1) is 30.2. The lowest BCUT2D eigenvalue weighted by molar-refractivity contribution is 0.0697. The zero-order valence-corrected chi connectivity index (χ0v) is 25.7. The highest BCUT2D eigenvalue weighted by Crippen LogP contribution is 2.35. The number of carbonyl (C=O) groups is 1. The third-order valence-electron chi connectivity index (χ3n) is 7.53. The van der Waals surface area contributed by atoms with Gasteiger partial charge in [0, 0.05) is 16.0 Å². The van der Waals surface area contributed by atoms with E-state index in [-0.39, 0.29) is 23.6 Å². The Bertz CT molecular complexity index is 1720. The van der Waals surface area contributed by atoms with Gasteiger partial charge in [0.2, 0.25) is 0 Å². The number of carboxylic acid groups (broad SMARTS) is 1. The second-order valence-electron chi connectivity index (χ2n) is 10.6. The second kappa shape index (κ2) is 13.8. The van der Waals surface area contributed by atoms with Crippen molar-refractivity contribution in [3.8, 4) is 11.5 Å². The molecule has 0 bridgehead atoms. The summed E-state index contributed by atoms with van der Waals surface area (Å²) in [5, 5.41) is 14.4. The smallest absolute Gasteiger partial charge is 0.335 e. The summed E-state index contributed by atoms with van der Waals surface area (Å²) in [6.07, 6.45) is 9.35. The number of allylic oxidation sites excluding steroid dienone is 1. The second-order valence-corrected chi connectivity index (χ2v) is 11.5. The Hall–Kier alpha value is -4.24. The van der Waals surface area contributed by atoms with E-state index in [0.717, 1.165) is 46.8 Å². The molecule has 1 aliphatic rings. The van der Waals surface area contributed by atoms with E-state index in [1.807, 2.05) is 31.2 Å². The predicted octanol–water partition coefficient (Wildman–Crippen LogP) is 7.49. The number of aromatic nitrogens is 2. The Morgan fingerprint density at radius 3 is 2.58 bits per heavy atom. The van der Waals surface area contributed by atoms with Gasteiger partial charge in [-0.15, -0.1) is 6.58 Å². The molecule has 43 heavy (non-hydrogen) atoms. The zero-order chi connectivity index (χ0) is 30.3. The van der Waals surface area contributed by atoms with Gasteiger partial charge in [0.25, 0.3) is 5.56 Å². The highest BCUT2D eigenvalue weighted by molar-refractivity contribution is 9.10. The van der Waals surface area contributed by atoms with Crippen molar-refractivity contribution in [2.75, 3.05) is 6.61 Å². The number of carboxylic acids is 1. The van der Waals surface area contributed by atoms with Gasteiger partial charge in [-0.3, -0.25) is 4.79 Å². The van der Waals surface area contributed by atoms with Crippen molar-refractivity contribution in [1.82, 2.24) is 9.66 Å². The fraction of sp³-hybridized carbons (Fsp3) is 0.294. The topological polar surface area (TPSA) is 103 Å². The molecule has 8 nitrogen and oxygen atoms in total. The summed E-state index contributed by atoms with van der Waals surface area (Å²) in [6.45, 7) is 6.46. The van der Waals surface area contributed by atoms with Gasteiger partial charge in [-0.25, -0.2) is 9.78 Å². The molecular weight excluding hydrogens is 610 g/mol. The van der Waals surface area contributed by atoms with Crippen molar-refractivity contribution >= 4 is 39.0 Å². The number of hydrogen-bond donors (Lipinski definition) is 1. The summed E-state index contributed by atoms with van der Waals surface area (Å²) in [5.74, 6) is 1.02. The number of halogens is 1. The molecule has 222 valence electrons. The fourth-order valence-electron chi connectivity index (χ4n) is 5.42. The lowest BCUT2D eigenvalue weighted by Crippen LogP contribution is -2.25. The van der Waals surface area contributed by atoms with Crippen LogP contribution < -0.4 is 15.0 Å². The molecule has 1 saturated carbocycles. The van der Waals surface area contributed by atoms with Crippen LogP contribution in [0.5, 0.6) is 11.5 Å². The average molecular weight is 645 g/mol. The highest BCUT2D eigenvalue weighted by Gasteiger charge is 2.23. The minimum absolute atomic E-state index is 0.169. The molecule has 1 fully saturated rings. The zero-order valence-electron chi connectivity index (χ0n) is 24.1. The quantitative estimate of drug-likeness (QED) is 0.134. The maximum atomic E-state index is 13.7. The summed E-state index contributed by atoms with van der Waals surface area (Å²) >= 11 is 3.48. The summed E-state index contributed by atoms with van der Waals surface area (Å²) in [6, 6.07) is 15.9. The van der Waals surface area contributed by atoms with Crippen molar-refractivity contribution < 1.29 is 19.4 Å². The Labute approximate surface area is 258 Å². The Kier molecular flexibility index (Phi) is 9.72. The van der Waals surface area contributed by atoms with Crippen LogP contribution in [-0.4, -0.2) is 33.6 Å². The highest BCUT2D eigenvalue weighted by atomic mass is 79.9. The van der Waals surface area contributed by atoms with Gasteiger partial charge in [-0.2, -0.15) is 9.78 Å². The number of hydrogen-bond acceptors (Lipinski definition) is 6. The average Bonchev–Trinajstić information content (AvgIpc) is 3.01. The van der Waals surface area contributed by atoms with E-state index in [4.69, 9.17) is 19.6 Å². The molecule has 0 unspecified atom stereocenters. The van der Waals surface area contributed by atoms with E-state index in [2.05, 4.69) is 22.5 Å². The molecular formula is C34H34BrN3O5. The molecule has 0 spiro atoms. The van der Waals surface area contributed by atoms with Gasteiger partial charge in [-0.05, 0) is 79.8 Å². The van der Waals surface area contributed by atoms with Crippen LogP contribution in [0.2, 0.25) is 0 Å². The van der Waals surface area contributed by atoms with Crippen LogP contribution in [0.1, 0.15) is 77.8 Å². The molecule has 9 heteroatoms. The molecule has 0 saturated heterocycles. The van der Waals surface area contributed by atoms with Crippen LogP contribution in [0.25, 0.3) is 10.9 Å². The van der Waals surface area contributed by atoms with Crippen LogP contribution in [0.15, 0.2) is 81.6 Å². The molecule has 0 amide bonds. The van der Waals surface area contributed by atoms with Crippen molar-refractivity contribution in [3.63, 3.8) is 0 Å². The number of rotatable bonds is 11. The summed E-state index contributed by atoms with van der Waals surface area (Å²) < 4.78 is 14.5.